The van der Waals surface area contributed by atoms with Crippen molar-refractivity contribution in [3.05, 3.63) is 35.4 Å². The summed E-state index contributed by atoms with van der Waals surface area (Å²) in [6.07, 6.45) is -0.142. The molecule has 0 radical (unpaired) electrons. The van der Waals surface area contributed by atoms with E-state index in [1.165, 1.54) is 6.07 Å². The molecule has 1 aliphatic carbocycles. The van der Waals surface area contributed by atoms with Crippen molar-refractivity contribution in [2.75, 3.05) is 6.54 Å². The maximum Gasteiger partial charge on any atom is 0.262 e. The van der Waals surface area contributed by atoms with E-state index in [0.717, 1.165) is 12.1 Å². The number of carbonyl (C=O) groups is 1. The van der Waals surface area contributed by atoms with Gasteiger partial charge in [-0.2, -0.15) is 0 Å². The van der Waals surface area contributed by atoms with E-state index in [2.05, 4.69) is 10.6 Å². The van der Waals surface area contributed by atoms with Gasteiger partial charge in [0.25, 0.3) is 5.92 Å². The van der Waals surface area contributed by atoms with Crippen molar-refractivity contribution >= 4 is 5.91 Å². The normalized spacial score (nSPS) is 30.2. The third kappa shape index (κ3) is 2.88. The van der Waals surface area contributed by atoms with Gasteiger partial charge in [0, 0.05) is 23.9 Å². The molecule has 2 fully saturated rings. The van der Waals surface area contributed by atoms with Crippen LogP contribution in [-0.2, 0) is 4.79 Å². The molecule has 1 aromatic carbocycles. The molecule has 1 saturated heterocycles. The zero-order valence-electron chi connectivity index (χ0n) is 11.0. The van der Waals surface area contributed by atoms with E-state index in [1.54, 1.807) is 0 Å². The molecular formula is C14H14F4N2O. The highest BCUT2D eigenvalue weighted by Gasteiger charge is 2.46. The fourth-order valence-electron chi connectivity index (χ4n) is 2.72. The molecule has 1 aromatic rings. The lowest BCUT2D eigenvalue weighted by Gasteiger charge is -2.11. The van der Waals surface area contributed by atoms with E-state index in [0.29, 0.717) is 6.42 Å². The number of hydrogen-bond donors (Lipinski definition) is 2. The van der Waals surface area contributed by atoms with Gasteiger partial charge < -0.3 is 5.32 Å². The summed E-state index contributed by atoms with van der Waals surface area (Å²) in [5, 5.41) is 5.02. The molecule has 2 aliphatic rings. The molecule has 0 bridgehead atoms. The molecule has 114 valence electrons. The second-order valence-electron chi connectivity index (χ2n) is 5.59. The van der Waals surface area contributed by atoms with E-state index in [4.69, 9.17) is 0 Å². The highest BCUT2D eigenvalue weighted by molar-refractivity contribution is 5.83. The molecule has 1 saturated carbocycles. The van der Waals surface area contributed by atoms with Crippen LogP contribution in [0, 0.1) is 11.6 Å². The predicted molar refractivity (Wildman–Crippen MR) is 67.0 cm³/mol. The number of nitrogens with one attached hydrogen (secondary N) is 2. The van der Waals surface area contributed by atoms with Crippen LogP contribution in [0.2, 0.25) is 0 Å². The Morgan fingerprint density at radius 2 is 1.95 bits per heavy atom. The quantitative estimate of drug-likeness (QED) is 0.838. The Hall–Kier alpha value is -1.63. The fraction of sp³-hybridized carbons (Fsp3) is 0.500. The summed E-state index contributed by atoms with van der Waals surface area (Å²) in [6, 6.07) is 2.24. The number of benzene rings is 1. The number of hydrogen-bond acceptors (Lipinski definition) is 2. The molecule has 0 spiro atoms. The summed E-state index contributed by atoms with van der Waals surface area (Å²) in [4.78, 5) is 11.8. The number of halogens is 4. The van der Waals surface area contributed by atoms with Crippen LogP contribution < -0.4 is 10.6 Å². The van der Waals surface area contributed by atoms with Gasteiger partial charge in [0.15, 0.2) is 0 Å². The van der Waals surface area contributed by atoms with Gasteiger partial charge in [-0.15, -0.1) is 0 Å². The SMILES string of the molecule is O=C(NC1CC1c1c(F)cccc1F)C1CC(F)(F)CN1. The molecule has 21 heavy (non-hydrogen) atoms. The average molecular weight is 302 g/mol. The van der Waals surface area contributed by atoms with Crippen molar-refractivity contribution in [3.63, 3.8) is 0 Å². The summed E-state index contributed by atoms with van der Waals surface area (Å²) in [5.41, 5.74) is -0.0486. The zero-order valence-corrected chi connectivity index (χ0v) is 11.0. The zero-order chi connectivity index (χ0) is 15.2. The summed E-state index contributed by atoms with van der Waals surface area (Å²) >= 11 is 0. The van der Waals surface area contributed by atoms with Gasteiger partial charge in [-0.1, -0.05) is 6.07 Å². The van der Waals surface area contributed by atoms with E-state index < -0.39 is 54.4 Å². The third-order valence-electron chi connectivity index (χ3n) is 3.91. The Kier molecular flexibility index (Phi) is 3.39. The second kappa shape index (κ2) is 4.98. The first-order valence-corrected chi connectivity index (χ1v) is 6.73. The Morgan fingerprint density at radius 1 is 1.29 bits per heavy atom. The van der Waals surface area contributed by atoms with Crippen molar-refractivity contribution in [2.45, 2.75) is 36.8 Å². The first-order chi connectivity index (χ1) is 9.87. The Bertz CT molecular complexity index is 558. The second-order valence-corrected chi connectivity index (χ2v) is 5.59. The van der Waals surface area contributed by atoms with Crippen molar-refractivity contribution in [3.8, 4) is 0 Å². The summed E-state index contributed by atoms with van der Waals surface area (Å²) in [7, 11) is 0. The minimum absolute atomic E-state index is 0.0486. The van der Waals surface area contributed by atoms with E-state index in [1.807, 2.05) is 0 Å². The monoisotopic (exact) mass is 302 g/mol. The number of carbonyl (C=O) groups excluding carboxylic acids is 1. The Balaban J connectivity index is 1.61. The molecule has 3 nitrogen and oxygen atoms in total. The van der Waals surface area contributed by atoms with Crippen molar-refractivity contribution in [2.24, 2.45) is 0 Å². The smallest absolute Gasteiger partial charge is 0.262 e. The first kappa shape index (κ1) is 14.3. The topological polar surface area (TPSA) is 41.1 Å². The van der Waals surface area contributed by atoms with Gasteiger partial charge >= 0.3 is 0 Å². The molecule has 3 unspecified atom stereocenters. The Morgan fingerprint density at radius 3 is 2.52 bits per heavy atom. The van der Waals surface area contributed by atoms with Crippen LogP contribution in [0.4, 0.5) is 17.6 Å². The predicted octanol–water partition coefficient (Wildman–Crippen LogP) is 1.93. The van der Waals surface area contributed by atoms with E-state index in [9.17, 15) is 22.4 Å². The molecular weight excluding hydrogens is 288 g/mol. The molecule has 1 aliphatic heterocycles. The number of alkyl halides is 2. The van der Waals surface area contributed by atoms with Gasteiger partial charge in [-0.3, -0.25) is 10.1 Å². The maximum absolute atomic E-state index is 13.6. The average Bonchev–Trinajstić information content (AvgIpc) is 3.02. The summed E-state index contributed by atoms with van der Waals surface area (Å²) in [5.74, 6) is -5.17. The highest BCUT2D eigenvalue weighted by Crippen LogP contribution is 2.43. The molecule has 0 aromatic heterocycles. The minimum atomic E-state index is -2.89. The molecule has 3 rings (SSSR count). The lowest BCUT2D eigenvalue weighted by molar-refractivity contribution is -0.123. The third-order valence-corrected chi connectivity index (χ3v) is 3.91. The van der Waals surface area contributed by atoms with Gasteiger partial charge in [0.2, 0.25) is 5.91 Å². The van der Waals surface area contributed by atoms with Gasteiger partial charge in [-0.25, -0.2) is 17.6 Å². The van der Waals surface area contributed by atoms with Crippen molar-refractivity contribution in [1.82, 2.24) is 10.6 Å². The van der Waals surface area contributed by atoms with E-state index in [-0.39, 0.29) is 5.56 Å². The van der Waals surface area contributed by atoms with Crippen LogP contribution in [0.1, 0.15) is 24.3 Å². The standard InChI is InChI=1S/C14H14F4N2O/c15-8-2-1-3-9(16)12(8)7-4-10(7)20-13(21)11-5-14(17,18)6-19-11/h1-3,7,10-11,19H,4-6H2,(H,20,21). The maximum atomic E-state index is 13.6. The molecule has 1 heterocycles. The van der Waals surface area contributed by atoms with E-state index >= 15 is 0 Å². The number of amides is 1. The summed E-state index contributed by atoms with van der Waals surface area (Å²) < 4.78 is 53.2. The van der Waals surface area contributed by atoms with Crippen LogP contribution in [0.5, 0.6) is 0 Å². The largest absolute Gasteiger partial charge is 0.351 e. The molecule has 2 N–H and O–H groups in total. The van der Waals surface area contributed by atoms with Crippen molar-refractivity contribution in [1.29, 1.82) is 0 Å². The Labute approximate surface area is 118 Å². The van der Waals surface area contributed by atoms with Crippen LogP contribution >= 0.6 is 0 Å². The fourth-order valence-corrected chi connectivity index (χ4v) is 2.72. The minimum Gasteiger partial charge on any atom is -0.351 e. The number of rotatable bonds is 3. The lowest BCUT2D eigenvalue weighted by Crippen LogP contribution is -2.41. The van der Waals surface area contributed by atoms with Crippen LogP contribution in [-0.4, -0.2) is 30.5 Å². The molecule has 1 amide bonds. The lowest BCUT2D eigenvalue weighted by atomic mass is 10.1. The van der Waals surface area contributed by atoms with Crippen molar-refractivity contribution < 1.29 is 22.4 Å². The van der Waals surface area contributed by atoms with Gasteiger partial charge in [0.05, 0.1) is 12.6 Å². The highest BCUT2D eigenvalue weighted by atomic mass is 19.3. The molecule has 3 atom stereocenters. The van der Waals surface area contributed by atoms with Crippen LogP contribution in [0.25, 0.3) is 0 Å². The van der Waals surface area contributed by atoms with Crippen LogP contribution in [0.15, 0.2) is 18.2 Å². The van der Waals surface area contributed by atoms with Gasteiger partial charge in [-0.05, 0) is 18.6 Å². The first-order valence-electron chi connectivity index (χ1n) is 6.73. The summed E-state index contributed by atoms with van der Waals surface area (Å²) in [6.45, 7) is -0.527. The van der Waals surface area contributed by atoms with Crippen LogP contribution in [0.3, 0.4) is 0 Å². The van der Waals surface area contributed by atoms with Gasteiger partial charge in [0.1, 0.15) is 11.6 Å². The molecule has 7 heteroatoms.